The Balaban J connectivity index is 1.89. The summed E-state index contributed by atoms with van der Waals surface area (Å²) in [6.45, 7) is 4.89. The fourth-order valence-electron chi connectivity index (χ4n) is 2.74. The number of pyridine rings is 1. The summed E-state index contributed by atoms with van der Waals surface area (Å²) < 4.78 is 5.23. The Labute approximate surface area is 130 Å². The van der Waals surface area contributed by atoms with Crippen LogP contribution < -0.4 is 9.64 Å². The summed E-state index contributed by atoms with van der Waals surface area (Å²) in [7, 11) is 1.64. The second-order valence-corrected chi connectivity index (χ2v) is 5.83. The molecule has 0 saturated heterocycles. The summed E-state index contributed by atoms with van der Waals surface area (Å²) in [5, 5.41) is 0. The van der Waals surface area contributed by atoms with Crippen LogP contribution in [-0.2, 0) is 6.42 Å². The first-order valence-corrected chi connectivity index (χ1v) is 7.55. The van der Waals surface area contributed by atoms with Gasteiger partial charge in [0.05, 0.1) is 19.0 Å². The van der Waals surface area contributed by atoms with Gasteiger partial charge in [0.15, 0.2) is 0 Å². The Bertz CT molecular complexity index is 693. The highest BCUT2D eigenvalue weighted by Crippen LogP contribution is 2.27. The van der Waals surface area contributed by atoms with Crippen molar-refractivity contribution < 1.29 is 9.53 Å². The van der Waals surface area contributed by atoms with Crippen LogP contribution in [-0.4, -0.2) is 24.5 Å². The molecule has 4 heteroatoms. The molecule has 0 saturated carbocycles. The number of methoxy groups -OCH3 is 1. The maximum Gasteiger partial charge on any atom is 0.258 e. The zero-order valence-corrected chi connectivity index (χ0v) is 13.2. The first kappa shape index (κ1) is 14.6. The molecule has 1 aromatic heterocycles. The van der Waals surface area contributed by atoms with E-state index in [-0.39, 0.29) is 5.91 Å². The molecule has 1 aliphatic rings. The van der Waals surface area contributed by atoms with Crippen molar-refractivity contribution in [2.75, 3.05) is 18.6 Å². The molecule has 22 heavy (non-hydrogen) atoms. The number of carbonyl (C=O) groups is 1. The fraction of sp³-hybridized carbons (Fsp3) is 0.333. The Hall–Kier alpha value is -2.36. The van der Waals surface area contributed by atoms with E-state index < -0.39 is 0 Å². The lowest BCUT2D eigenvalue weighted by atomic mass is 9.98. The molecule has 0 spiro atoms. The predicted molar refractivity (Wildman–Crippen MR) is 86.7 cm³/mol. The lowest BCUT2D eigenvalue weighted by Gasteiger charge is -2.28. The first-order chi connectivity index (χ1) is 10.6. The van der Waals surface area contributed by atoms with E-state index in [4.69, 9.17) is 4.74 Å². The summed E-state index contributed by atoms with van der Waals surface area (Å²) in [5.74, 6) is 1.21. The number of hydrogen-bond donors (Lipinski definition) is 0. The maximum atomic E-state index is 12.7. The molecule has 1 amide bonds. The van der Waals surface area contributed by atoms with Gasteiger partial charge in [0.2, 0.25) is 0 Å². The summed E-state index contributed by atoms with van der Waals surface area (Å²) in [6.07, 6.45) is 2.62. The van der Waals surface area contributed by atoms with E-state index in [2.05, 4.69) is 18.8 Å². The number of fused-ring (bicyclic) bond motifs is 1. The minimum atomic E-state index is 0.0306. The van der Waals surface area contributed by atoms with Gasteiger partial charge < -0.3 is 9.64 Å². The maximum absolute atomic E-state index is 12.7. The normalized spacial score (nSPS) is 14.2. The number of anilines is 1. The molecule has 0 atom stereocenters. The number of nitrogens with zero attached hydrogens (tertiary/aromatic N) is 2. The number of ether oxygens (including phenoxy) is 1. The average molecular weight is 296 g/mol. The molecule has 2 heterocycles. The molecule has 0 N–H and O–H groups in total. The van der Waals surface area contributed by atoms with Crippen molar-refractivity contribution in [3.63, 3.8) is 0 Å². The molecule has 1 aliphatic heterocycles. The summed E-state index contributed by atoms with van der Waals surface area (Å²) in [4.78, 5) is 18.9. The molecular formula is C18H20N2O2. The van der Waals surface area contributed by atoms with E-state index in [0.717, 1.165) is 34.7 Å². The average Bonchev–Trinajstić information content (AvgIpc) is 2.55. The molecule has 0 aliphatic carbocycles. The molecule has 0 unspecified atom stereocenters. The van der Waals surface area contributed by atoms with E-state index in [0.29, 0.717) is 12.5 Å². The molecule has 0 bridgehead atoms. The minimum Gasteiger partial charge on any atom is -0.497 e. The highest BCUT2D eigenvalue weighted by Gasteiger charge is 2.26. The highest BCUT2D eigenvalue weighted by molar-refractivity contribution is 6.08. The van der Waals surface area contributed by atoms with E-state index in [1.54, 1.807) is 18.2 Å². The minimum absolute atomic E-state index is 0.0306. The number of rotatable bonds is 3. The van der Waals surface area contributed by atoms with E-state index >= 15 is 0 Å². The van der Waals surface area contributed by atoms with Crippen molar-refractivity contribution in [2.45, 2.75) is 26.2 Å². The molecule has 1 aromatic carbocycles. The largest absolute Gasteiger partial charge is 0.497 e. The quantitative estimate of drug-likeness (QED) is 0.871. The molecule has 0 radical (unpaired) electrons. The van der Waals surface area contributed by atoms with Gasteiger partial charge in [-0.05, 0) is 48.2 Å². The smallest absolute Gasteiger partial charge is 0.258 e. The number of benzene rings is 1. The molecule has 2 aromatic rings. The van der Waals surface area contributed by atoms with Crippen LogP contribution >= 0.6 is 0 Å². The molecular weight excluding hydrogens is 276 g/mol. The standard InChI is InChI=1S/C18H20N2O2/c1-12(2)17-7-4-14(11-19-17)20-9-8-13-10-15(22-3)5-6-16(13)18(20)21/h4-7,10-12H,8-9H2,1-3H3. The van der Waals surface area contributed by atoms with Crippen LogP contribution in [0.25, 0.3) is 0 Å². The van der Waals surface area contributed by atoms with Gasteiger partial charge in [-0.1, -0.05) is 13.8 Å². The van der Waals surface area contributed by atoms with Crippen molar-refractivity contribution in [2.24, 2.45) is 0 Å². The van der Waals surface area contributed by atoms with Crippen LogP contribution in [0, 0.1) is 0 Å². The molecule has 0 fully saturated rings. The van der Waals surface area contributed by atoms with Crippen LogP contribution in [0.5, 0.6) is 5.75 Å². The molecule has 114 valence electrons. The van der Waals surface area contributed by atoms with Gasteiger partial charge in [0.25, 0.3) is 5.91 Å². The van der Waals surface area contributed by atoms with Crippen molar-refractivity contribution >= 4 is 11.6 Å². The second-order valence-electron chi connectivity index (χ2n) is 5.83. The zero-order chi connectivity index (χ0) is 15.7. The van der Waals surface area contributed by atoms with Gasteiger partial charge in [-0.25, -0.2) is 0 Å². The number of amides is 1. The van der Waals surface area contributed by atoms with E-state index in [9.17, 15) is 4.79 Å². The second kappa shape index (κ2) is 5.79. The number of carbonyl (C=O) groups excluding carboxylic acids is 1. The van der Waals surface area contributed by atoms with Crippen molar-refractivity contribution in [1.82, 2.24) is 4.98 Å². The summed E-state index contributed by atoms with van der Waals surface area (Å²) in [5.41, 5.74) is 3.70. The highest BCUT2D eigenvalue weighted by atomic mass is 16.5. The van der Waals surface area contributed by atoms with Crippen LogP contribution in [0.1, 0.15) is 41.4 Å². The number of hydrogen-bond acceptors (Lipinski definition) is 3. The SMILES string of the molecule is COc1ccc2c(c1)CCN(c1ccc(C(C)C)nc1)C2=O. The third kappa shape index (κ3) is 2.56. The van der Waals surface area contributed by atoms with Crippen molar-refractivity contribution in [3.05, 3.63) is 53.3 Å². The van der Waals surface area contributed by atoms with Gasteiger partial charge in [0, 0.05) is 17.8 Å². The third-order valence-corrected chi connectivity index (χ3v) is 4.07. The van der Waals surface area contributed by atoms with Crippen LogP contribution in [0.3, 0.4) is 0 Å². The Kier molecular flexibility index (Phi) is 3.84. The first-order valence-electron chi connectivity index (χ1n) is 7.55. The van der Waals surface area contributed by atoms with Crippen LogP contribution in [0.4, 0.5) is 5.69 Å². The lowest BCUT2D eigenvalue weighted by molar-refractivity contribution is 0.0980. The van der Waals surface area contributed by atoms with E-state index in [1.165, 1.54) is 0 Å². The van der Waals surface area contributed by atoms with Gasteiger partial charge in [0.1, 0.15) is 5.75 Å². The van der Waals surface area contributed by atoms with Gasteiger partial charge in [-0.15, -0.1) is 0 Å². The zero-order valence-electron chi connectivity index (χ0n) is 13.2. The Morgan fingerprint density at radius 2 is 2.05 bits per heavy atom. The van der Waals surface area contributed by atoms with Crippen molar-refractivity contribution in [3.8, 4) is 5.75 Å². The van der Waals surface area contributed by atoms with Crippen LogP contribution in [0.2, 0.25) is 0 Å². The third-order valence-electron chi connectivity index (χ3n) is 4.07. The van der Waals surface area contributed by atoms with E-state index in [1.807, 2.05) is 30.3 Å². The number of aromatic nitrogens is 1. The topological polar surface area (TPSA) is 42.4 Å². The van der Waals surface area contributed by atoms with Gasteiger partial charge in [-0.3, -0.25) is 9.78 Å². The fourth-order valence-corrected chi connectivity index (χ4v) is 2.74. The van der Waals surface area contributed by atoms with Gasteiger partial charge in [-0.2, -0.15) is 0 Å². The predicted octanol–water partition coefficient (Wildman–Crippen LogP) is 3.42. The molecule has 3 rings (SSSR count). The van der Waals surface area contributed by atoms with Crippen LogP contribution in [0.15, 0.2) is 36.5 Å². The summed E-state index contributed by atoms with van der Waals surface area (Å²) >= 11 is 0. The lowest BCUT2D eigenvalue weighted by Crippen LogP contribution is -2.37. The Morgan fingerprint density at radius 1 is 1.23 bits per heavy atom. The molecule has 4 nitrogen and oxygen atoms in total. The van der Waals surface area contributed by atoms with Crippen molar-refractivity contribution in [1.29, 1.82) is 0 Å². The Morgan fingerprint density at radius 3 is 2.68 bits per heavy atom. The monoisotopic (exact) mass is 296 g/mol. The van der Waals surface area contributed by atoms with Gasteiger partial charge >= 0.3 is 0 Å². The summed E-state index contributed by atoms with van der Waals surface area (Å²) in [6, 6.07) is 9.61.